The molecule has 2 atom stereocenters. The summed E-state index contributed by atoms with van der Waals surface area (Å²) in [5, 5.41) is 12.1. The van der Waals surface area contributed by atoms with Gasteiger partial charge >= 0.3 is 0 Å². The van der Waals surface area contributed by atoms with E-state index >= 15 is 0 Å². The lowest BCUT2D eigenvalue weighted by Gasteiger charge is -2.46. The number of aliphatic hydroxyl groups excluding tert-OH is 1. The van der Waals surface area contributed by atoms with Gasteiger partial charge in [0.1, 0.15) is 0 Å². The molecular formula is C24H23Cl3N2O. The van der Waals surface area contributed by atoms with Gasteiger partial charge in [-0.3, -0.25) is 4.90 Å². The zero-order chi connectivity index (χ0) is 21.1. The predicted octanol–water partition coefficient (Wildman–Crippen LogP) is 6.24. The molecule has 1 aliphatic heterocycles. The molecule has 0 bridgehead atoms. The number of anilines is 1. The molecule has 0 spiro atoms. The molecule has 0 radical (unpaired) electrons. The Morgan fingerprint density at radius 1 is 0.867 bits per heavy atom. The summed E-state index contributed by atoms with van der Waals surface area (Å²) in [6, 6.07) is 23.7. The molecule has 0 aromatic heterocycles. The zero-order valence-electron chi connectivity index (χ0n) is 16.4. The Morgan fingerprint density at radius 3 is 2.23 bits per heavy atom. The SMILES string of the molecule is OCC(c1ccccc1)N1CCN(c2ccc(Cl)cc2Cl)[C@H](c2ccc(Cl)cc2)C1. The minimum absolute atomic E-state index is 0.0520. The molecule has 6 heteroatoms. The highest BCUT2D eigenvalue weighted by Crippen LogP contribution is 2.38. The monoisotopic (exact) mass is 460 g/mol. The van der Waals surface area contributed by atoms with E-state index in [9.17, 15) is 5.11 Å². The molecule has 1 fully saturated rings. The molecule has 1 N–H and O–H groups in total. The molecule has 0 aliphatic carbocycles. The second-order valence-electron chi connectivity index (χ2n) is 7.46. The number of halogens is 3. The van der Waals surface area contributed by atoms with Crippen LogP contribution in [-0.2, 0) is 0 Å². The van der Waals surface area contributed by atoms with Gasteiger partial charge in [-0.25, -0.2) is 0 Å². The number of hydrogen-bond acceptors (Lipinski definition) is 3. The highest BCUT2D eigenvalue weighted by Gasteiger charge is 2.33. The van der Waals surface area contributed by atoms with Crippen LogP contribution in [0.3, 0.4) is 0 Å². The van der Waals surface area contributed by atoms with E-state index < -0.39 is 0 Å². The molecule has 30 heavy (non-hydrogen) atoms. The normalized spacial score (nSPS) is 18.4. The van der Waals surface area contributed by atoms with Crippen LogP contribution < -0.4 is 4.90 Å². The van der Waals surface area contributed by atoms with Gasteiger partial charge in [0.25, 0.3) is 0 Å². The minimum Gasteiger partial charge on any atom is -0.394 e. The molecule has 1 heterocycles. The van der Waals surface area contributed by atoms with Crippen LogP contribution in [0.1, 0.15) is 23.2 Å². The van der Waals surface area contributed by atoms with Crippen molar-refractivity contribution >= 4 is 40.5 Å². The topological polar surface area (TPSA) is 26.7 Å². The van der Waals surface area contributed by atoms with E-state index in [0.717, 1.165) is 36.4 Å². The second kappa shape index (κ2) is 9.59. The first-order valence-electron chi connectivity index (χ1n) is 9.94. The van der Waals surface area contributed by atoms with E-state index in [-0.39, 0.29) is 18.7 Å². The molecule has 0 amide bonds. The van der Waals surface area contributed by atoms with Gasteiger partial charge in [0.2, 0.25) is 0 Å². The van der Waals surface area contributed by atoms with Crippen molar-refractivity contribution in [3.63, 3.8) is 0 Å². The highest BCUT2D eigenvalue weighted by atomic mass is 35.5. The molecule has 3 aromatic rings. The Hall–Kier alpha value is -1.75. The van der Waals surface area contributed by atoms with Gasteiger partial charge in [-0.05, 0) is 41.5 Å². The van der Waals surface area contributed by atoms with Crippen LogP contribution in [-0.4, -0.2) is 36.2 Å². The number of aliphatic hydroxyl groups is 1. The van der Waals surface area contributed by atoms with E-state index in [1.807, 2.05) is 42.5 Å². The number of hydrogen-bond donors (Lipinski definition) is 1. The fourth-order valence-corrected chi connectivity index (χ4v) is 4.81. The maximum absolute atomic E-state index is 10.2. The largest absolute Gasteiger partial charge is 0.394 e. The highest BCUT2D eigenvalue weighted by molar-refractivity contribution is 6.36. The number of rotatable bonds is 5. The van der Waals surface area contributed by atoms with E-state index in [4.69, 9.17) is 34.8 Å². The maximum atomic E-state index is 10.2. The lowest BCUT2D eigenvalue weighted by atomic mass is 9.98. The molecule has 1 saturated heterocycles. The first-order valence-corrected chi connectivity index (χ1v) is 11.1. The number of piperazine rings is 1. The van der Waals surface area contributed by atoms with Gasteiger partial charge in [-0.2, -0.15) is 0 Å². The van der Waals surface area contributed by atoms with E-state index in [2.05, 4.69) is 34.1 Å². The van der Waals surface area contributed by atoms with Crippen LogP contribution in [0, 0.1) is 0 Å². The summed E-state index contributed by atoms with van der Waals surface area (Å²) in [4.78, 5) is 4.66. The maximum Gasteiger partial charge on any atom is 0.0670 e. The lowest BCUT2D eigenvalue weighted by molar-refractivity contribution is 0.103. The quantitative estimate of drug-likeness (QED) is 0.487. The first kappa shape index (κ1) is 21.5. The van der Waals surface area contributed by atoms with Crippen LogP contribution in [0.2, 0.25) is 15.1 Å². The van der Waals surface area contributed by atoms with Gasteiger partial charge < -0.3 is 10.0 Å². The van der Waals surface area contributed by atoms with Crippen molar-refractivity contribution in [1.29, 1.82) is 0 Å². The van der Waals surface area contributed by atoms with Gasteiger partial charge in [-0.1, -0.05) is 77.3 Å². The Balaban J connectivity index is 1.68. The summed E-state index contributed by atoms with van der Waals surface area (Å²) in [7, 11) is 0. The van der Waals surface area contributed by atoms with Crippen LogP contribution in [0.15, 0.2) is 72.8 Å². The van der Waals surface area contributed by atoms with E-state index in [1.165, 1.54) is 0 Å². The van der Waals surface area contributed by atoms with Crippen molar-refractivity contribution in [2.24, 2.45) is 0 Å². The van der Waals surface area contributed by atoms with Crippen LogP contribution in [0.5, 0.6) is 0 Å². The molecule has 156 valence electrons. The lowest BCUT2D eigenvalue weighted by Crippen LogP contribution is -2.50. The van der Waals surface area contributed by atoms with E-state index in [0.29, 0.717) is 15.1 Å². The van der Waals surface area contributed by atoms with Crippen LogP contribution >= 0.6 is 34.8 Å². The van der Waals surface area contributed by atoms with Crippen molar-refractivity contribution in [1.82, 2.24) is 4.90 Å². The Bertz CT molecular complexity index is 982. The summed E-state index contributed by atoms with van der Waals surface area (Å²) in [6.45, 7) is 2.40. The Labute approximate surface area is 192 Å². The number of nitrogens with zero attached hydrogens (tertiary/aromatic N) is 2. The van der Waals surface area contributed by atoms with Crippen LogP contribution in [0.4, 0.5) is 5.69 Å². The Kier molecular flexibility index (Phi) is 6.87. The molecule has 4 rings (SSSR count). The summed E-state index contributed by atoms with van der Waals surface area (Å²) in [5.41, 5.74) is 3.23. The molecule has 3 nitrogen and oxygen atoms in total. The average molecular weight is 462 g/mol. The van der Waals surface area contributed by atoms with Crippen LogP contribution in [0.25, 0.3) is 0 Å². The fourth-order valence-electron chi connectivity index (χ4n) is 4.17. The summed E-state index contributed by atoms with van der Waals surface area (Å²) >= 11 is 18.8. The van der Waals surface area contributed by atoms with Gasteiger partial charge in [-0.15, -0.1) is 0 Å². The van der Waals surface area contributed by atoms with Gasteiger partial charge in [0.15, 0.2) is 0 Å². The third kappa shape index (κ3) is 4.61. The Morgan fingerprint density at radius 2 is 1.57 bits per heavy atom. The van der Waals surface area contributed by atoms with Gasteiger partial charge in [0, 0.05) is 29.7 Å². The zero-order valence-corrected chi connectivity index (χ0v) is 18.7. The fraction of sp³-hybridized carbons (Fsp3) is 0.250. The van der Waals surface area contributed by atoms with Crippen molar-refractivity contribution in [3.05, 3.63) is 99.0 Å². The molecule has 0 saturated carbocycles. The second-order valence-corrected chi connectivity index (χ2v) is 8.74. The van der Waals surface area contributed by atoms with E-state index in [1.54, 1.807) is 6.07 Å². The van der Waals surface area contributed by atoms with Crippen molar-refractivity contribution in [2.75, 3.05) is 31.1 Å². The van der Waals surface area contributed by atoms with Crippen molar-refractivity contribution < 1.29 is 5.11 Å². The summed E-state index contributed by atoms with van der Waals surface area (Å²) < 4.78 is 0. The molecule has 1 aliphatic rings. The van der Waals surface area contributed by atoms with Crippen molar-refractivity contribution in [2.45, 2.75) is 12.1 Å². The third-order valence-electron chi connectivity index (χ3n) is 5.68. The molecular weight excluding hydrogens is 439 g/mol. The standard InChI is InChI=1S/C24H23Cl3N2O/c25-19-8-6-18(7-9-19)23-15-28(24(16-30)17-4-2-1-3-5-17)12-13-29(23)22-11-10-20(26)14-21(22)27/h1-11,14,23-24,30H,12-13,15-16H2/t23-,24?/m0/s1. The molecule has 3 aromatic carbocycles. The molecule has 1 unspecified atom stereocenters. The third-order valence-corrected chi connectivity index (χ3v) is 6.47. The summed E-state index contributed by atoms with van der Waals surface area (Å²) in [5.74, 6) is 0. The van der Waals surface area contributed by atoms with Gasteiger partial charge in [0.05, 0.1) is 29.4 Å². The van der Waals surface area contributed by atoms with Crippen molar-refractivity contribution in [3.8, 4) is 0 Å². The average Bonchev–Trinajstić information content (AvgIpc) is 2.76. The minimum atomic E-state index is -0.0520. The first-order chi connectivity index (χ1) is 14.6. The smallest absolute Gasteiger partial charge is 0.0670 e. The predicted molar refractivity (Wildman–Crippen MR) is 126 cm³/mol. The number of benzene rings is 3. The summed E-state index contributed by atoms with van der Waals surface area (Å²) in [6.07, 6.45) is 0.